The summed E-state index contributed by atoms with van der Waals surface area (Å²) < 4.78 is 17.6. The lowest BCUT2D eigenvalue weighted by molar-refractivity contribution is 0.281. The molecular formula is C34H36FN9O3. The van der Waals surface area contributed by atoms with Gasteiger partial charge in [-0.25, -0.2) is 9.07 Å². The molecule has 0 saturated carbocycles. The number of fused-ring (bicyclic) bond motifs is 3. The van der Waals surface area contributed by atoms with E-state index in [1.54, 1.807) is 36.4 Å². The van der Waals surface area contributed by atoms with Crippen molar-refractivity contribution in [1.82, 2.24) is 34.7 Å². The van der Waals surface area contributed by atoms with Crippen LogP contribution in [-0.2, 0) is 19.1 Å². The van der Waals surface area contributed by atoms with Crippen molar-refractivity contribution >= 4 is 28.1 Å². The average Bonchev–Trinajstić information content (AvgIpc) is 3.62. The molecule has 12 nitrogen and oxygen atoms in total. The Balaban J connectivity index is 1.23. The van der Waals surface area contributed by atoms with Gasteiger partial charge in [-0.05, 0) is 60.8 Å². The van der Waals surface area contributed by atoms with Gasteiger partial charge in [0.05, 0.1) is 29.6 Å². The average molecular weight is 638 g/mol. The van der Waals surface area contributed by atoms with Crippen LogP contribution >= 0.6 is 0 Å². The second-order valence-electron chi connectivity index (χ2n) is 13.4. The molecule has 242 valence electrons. The SMILES string of the molecule is CN1C[C@H]2C[C@H]1CN2c1ccc(Nc2cc(-c3cccc(-n4ncc5cc(C(C)(C)C)cc(F)c5c4=O)c3CO)nn(C)c2=O)nn1. The van der Waals surface area contributed by atoms with Gasteiger partial charge in [0, 0.05) is 48.7 Å². The van der Waals surface area contributed by atoms with Crippen molar-refractivity contribution in [3.63, 3.8) is 0 Å². The smallest absolute Gasteiger partial charge is 0.290 e. The highest BCUT2D eigenvalue weighted by Gasteiger charge is 2.42. The highest BCUT2D eigenvalue weighted by atomic mass is 19.1. The van der Waals surface area contributed by atoms with Crippen molar-refractivity contribution in [1.29, 1.82) is 0 Å². The van der Waals surface area contributed by atoms with E-state index in [9.17, 15) is 14.7 Å². The molecule has 2 saturated heterocycles. The Hall–Kier alpha value is -5.01. The fourth-order valence-corrected chi connectivity index (χ4v) is 6.68. The topological polar surface area (TPSA) is 134 Å². The number of aryl methyl sites for hydroxylation is 1. The van der Waals surface area contributed by atoms with Gasteiger partial charge in [-0.2, -0.15) is 14.9 Å². The molecular weight excluding hydrogens is 601 g/mol. The number of nitrogens with one attached hydrogen (secondary N) is 1. The Morgan fingerprint density at radius 1 is 1.00 bits per heavy atom. The van der Waals surface area contributed by atoms with Crippen LogP contribution in [0.4, 0.5) is 21.7 Å². The van der Waals surface area contributed by atoms with E-state index >= 15 is 4.39 Å². The van der Waals surface area contributed by atoms with Crippen LogP contribution in [0.15, 0.2) is 64.3 Å². The first-order valence-corrected chi connectivity index (χ1v) is 15.5. The van der Waals surface area contributed by atoms with Gasteiger partial charge < -0.3 is 15.3 Å². The van der Waals surface area contributed by atoms with E-state index in [4.69, 9.17) is 0 Å². The van der Waals surface area contributed by atoms with E-state index in [-0.39, 0.29) is 22.2 Å². The molecule has 2 N–H and O–H groups in total. The molecule has 7 rings (SSSR count). The van der Waals surface area contributed by atoms with Gasteiger partial charge >= 0.3 is 0 Å². The van der Waals surface area contributed by atoms with Gasteiger partial charge in [0.25, 0.3) is 11.1 Å². The fraction of sp³-hybridized carbons (Fsp3) is 0.353. The van der Waals surface area contributed by atoms with Gasteiger partial charge in [0.1, 0.15) is 11.5 Å². The summed E-state index contributed by atoms with van der Waals surface area (Å²) in [6.07, 6.45) is 2.57. The number of rotatable bonds is 6. The molecule has 5 heterocycles. The Morgan fingerprint density at radius 3 is 2.47 bits per heavy atom. The van der Waals surface area contributed by atoms with Crippen LogP contribution in [0.2, 0.25) is 0 Å². The van der Waals surface area contributed by atoms with Crippen LogP contribution in [0.3, 0.4) is 0 Å². The summed E-state index contributed by atoms with van der Waals surface area (Å²) in [5.74, 6) is 0.558. The van der Waals surface area contributed by atoms with Crippen molar-refractivity contribution in [2.45, 2.75) is 51.3 Å². The number of benzene rings is 2. The van der Waals surface area contributed by atoms with Gasteiger partial charge in [-0.3, -0.25) is 14.5 Å². The highest BCUT2D eigenvalue weighted by molar-refractivity contribution is 5.83. The summed E-state index contributed by atoms with van der Waals surface area (Å²) in [6.45, 7) is 7.34. The molecule has 5 aromatic rings. The van der Waals surface area contributed by atoms with Crippen LogP contribution in [0.1, 0.15) is 38.3 Å². The lowest BCUT2D eigenvalue weighted by Crippen LogP contribution is -2.44. The minimum Gasteiger partial charge on any atom is -0.392 e. The largest absolute Gasteiger partial charge is 0.392 e. The lowest BCUT2D eigenvalue weighted by Gasteiger charge is -2.32. The second kappa shape index (κ2) is 11.4. The molecule has 13 heteroatoms. The molecule has 2 aliphatic rings. The van der Waals surface area contributed by atoms with Gasteiger partial charge in [0.2, 0.25) is 0 Å². The molecule has 3 aromatic heterocycles. The predicted octanol–water partition coefficient (Wildman–Crippen LogP) is 3.50. The Bertz CT molecular complexity index is 2140. The molecule has 2 fully saturated rings. The summed E-state index contributed by atoms with van der Waals surface area (Å²) in [4.78, 5) is 31.4. The van der Waals surface area contributed by atoms with Gasteiger partial charge in [-0.1, -0.05) is 32.9 Å². The van der Waals surface area contributed by atoms with E-state index in [0.29, 0.717) is 40.1 Å². The van der Waals surface area contributed by atoms with Crippen molar-refractivity contribution < 1.29 is 9.50 Å². The maximum atomic E-state index is 15.4. The number of nitrogens with zero attached hydrogens (tertiary/aromatic N) is 8. The van der Waals surface area contributed by atoms with Crippen LogP contribution in [0.25, 0.3) is 27.7 Å². The molecule has 0 radical (unpaired) electrons. The number of aliphatic hydroxyl groups is 1. The summed E-state index contributed by atoms with van der Waals surface area (Å²) in [7, 11) is 3.67. The molecule has 0 unspecified atom stereocenters. The van der Waals surface area contributed by atoms with Gasteiger partial charge in [0.15, 0.2) is 11.6 Å². The third kappa shape index (κ3) is 5.34. The quantitative estimate of drug-likeness (QED) is 0.285. The number of halogens is 1. The molecule has 0 amide bonds. The minimum atomic E-state index is -0.654. The van der Waals surface area contributed by atoms with Crippen LogP contribution in [0, 0.1) is 5.82 Å². The lowest BCUT2D eigenvalue weighted by atomic mass is 9.86. The first-order chi connectivity index (χ1) is 22.4. The molecule has 2 bridgehead atoms. The number of piperazine rings is 1. The number of likely N-dealkylation sites (tertiary alicyclic amines) is 1. The number of hydrogen-bond acceptors (Lipinski definition) is 10. The highest BCUT2D eigenvalue weighted by Crippen LogP contribution is 2.33. The maximum Gasteiger partial charge on any atom is 0.290 e. The minimum absolute atomic E-state index is 0.0919. The van der Waals surface area contributed by atoms with E-state index < -0.39 is 23.5 Å². The Morgan fingerprint density at radius 2 is 1.81 bits per heavy atom. The van der Waals surface area contributed by atoms with E-state index in [1.807, 2.05) is 26.8 Å². The first kappa shape index (κ1) is 30.6. The maximum absolute atomic E-state index is 15.4. The van der Waals surface area contributed by atoms with Crippen molar-refractivity contribution in [3.05, 3.63) is 92.4 Å². The normalized spacial score (nSPS) is 18.0. The number of likely N-dealkylation sites (N-methyl/N-ethyl adjacent to an activating group) is 1. The standard InChI is InChI=1S/C34H36FN9O3/c1-34(2,3)20-11-19-15-36-44(33(47)31(19)25(35)12-20)28-8-6-7-23(24(28)18-45)26-14-27(32(46)42(5)40-26)37-29-9-10-30(39-38-29)43-17-21-13-22(43)16-41(21)4/h6-12,14-15,21-22,45H,13,16-18H2,1-5H3,(H,37,38)/t21-,22+/m0/s1. The third-order valence-electron chi connectivity index (χ3n) is 9.30. The number of aliphatic hydroxyl groups excluding tert-OH is 1. The molecule has 2 atom stereocenters. The van der Waals surface area contributed by atoms with E-state index in [1.165, 1.54) is 24.0 Å². The summed E-state index contributed by atoms with van der Waals surface area (Å²) in [6, 6.07) is 14.4. The summed E-state index contributed by atoms with van der Waals surface area (Å²) in [5, 5.41) is 31.5. The zero-order valence-electron chi connectivity index (χ0n) is 26.9. The van der Waals surface area contributed by atoms with E-state index in [0.717, 1.165) is 35.6 Å². The third-order valence-corrected chi connectivity index (χ3v) is 9.30. The fourth-order valence-electron chi connectivity index (χ4n) is 6.68. The van der Waals surface area contributed by atoms with Crippen LogP contribution in [-0.4, -0.2) is 72.0 Å². The zero-order valence-corrected chi connectivity index (χ0v) is 26.9. The molecule has 0 aliphatic carbocycles. The molecule has 2 aliphatic heterocycles. The Labute approximate surface area is 270 Å². The van der Waals surface area contributed by atoms with E-state index in [2.05, 4.69) is 42.6 Å². The predicted molar refractivity (Wildman–Crippen MR) is 178 cm³/mol. The van der Waals surface area contributed by atoms with Gasteiger partial charge in [-0.15, -0.1) is 10.2 Å². The zero-order chi connectivity index (χ0) is 33.2. The molecule has 2 aromatic carbocycles. The molecule has 0 spiro atoms. The summed E-state index contributed by atoms with van der Waals surface area (Å²) in [5.41, 5.74) is 1.02. The monoisotopic (exact) mass is 637 g/mol. The number of anilines is 3. The number of hydrogen-bond donors (Lipinski definition) is 2. The first-order valence-electron chi connectivity index (χ1n) is 15.5. The van der Waals surface area contributed by atoms with Crippen LogP contribution < -0.4 is 21.3 Å². The van der Waals surface area contributed by atoms with Crippen molar-refractivity contribution in [3.8, 4) is 16.9 Å². The number of aromatic nitrogens is 6. The van der Waals surface area contributed by atoms with Crippen molar-refractivity contribution in [2.75, 3.05) is 30.4 Å². The van der Waals surface area contributed by atoms with Crippen LogP contribution in [0.5, 0.6) is 0 Å². The van der Waals surface area contributed by atoms with Crippen molar-refractivity contribution in [2.24, 2.45) is 7.05 Å². The molecule has 47 heavy (non-hydrogen) atoms. The second-order valence-corrected chi connectivity index (χ2v) is 13.4. The summed E-state index contributed by atoms with van der Waals surface area (Å²) >= 11 is 0. The Kier molecular flexibility index (Phi) is 7.40.